The molecule has 0 bridgehead atoms. The van der Waals surface area contributed by atoms with Gasteiger partial charge in [-0.1, -0.05) is 13.8 Å². The molecule has 0 aliphatic carbocycles. The molecule has 3 unspecified atom stereocenters. The molecule has 0 fully saturated rings. The average molecular weight is 340 g/mol. The SMILES string of the molecule is CCOC(=O)C(CC)C(CC)(C(=O)OCC(C)O)P(=O)(O)O. The van der Waals surface area contributed by atoms with Crippen molar-refractivity contribution in [2.45, 2.75) is 51.8 Å². The Kier molecular flexibility index (Phi) is 8.25. The Bertz CT molecular complexity index is 430. The lowest BCUT2D eigenvalue weighted by Gasteiger charge is -2.36. The maximum absolute atomic E-state index is 12.3. The fourth-order valence-electron chi connectivity index (χ4n) is 2.32. The van der Waals surface area contributed by atoms with E-state index in [1.165, 1.54) is 20.8 Å². The monoisotopic (exact) mass is 340 g/mol. The molecule has 0 saturated carbocycles. The number of hydrogen-bond donors (Lipinski definition) is 3. The molecule has 0 aromatic carbocycles. The summed E-state index contributed by atoms with van der Waals surface area (Å²) in [5.41, 5.74) is 0. The molecule has 0 saturated heterocycles. The third-order valence-electron chi connectivity index (χ3n) is 3.42. The lowest BCUT2D eigenvalue weighted by atomic mass is 9.86. The predicted molar refractivity (Wildman–Crippen MR) is 78.1 cm³/mol. The Balaban J connectivity index is 5.82. The fraction of sp³-hybridized carbons (Fsp3) is 0.846. The van der Waals surface area contributed by atoms with E-state index in [1.807, 2.05) is 0 Å². The Morgan fingerprint density at radius 2 is 1.73 bits per heavy atom. The van der Waals surface area contributed by atoms with E-state index in [1.54, 1.807) is 6.92 Å². The van der Waals surface area contributed by atoms with Crippen LogP contribution in [0.2, 0.25) is 0 Å². The van der Waals surface area contributed by atoms with Gasteiger partial charge >= 0.3 is 19.5 Å². The van der Waals surface area contributed by atoms with Crippen molar-refractivity contribution >= 4 is 19.5 Å². The van der Waals surface area contributed by atoms with Gasteiger partial charge in [-0.3, -0.25) is 14.2 Å². The quantitative estimate of drug-likeness (QED) is 0.415. The zero-order valence-electron chi connectivity index (χ0n) is 13.3. The maximum Gasteiger partial charge on any atom is 0.343 e. The van der Waals surface area contributed by atoms with Gasteiger partial charge in [0.25, 0.3) is 0 Å². The molecule has 0 aliphatic rings. The molecule has 0 rings (SSSR count). The minimum absolute atomic E-state index is 0.00155. The highest BCUT2D eigenvalue weighted by molar-refractivity contribution is 7.54. The number of aliphatic hydroxyl groups excluding tert-OH is 1. The van der Waals surface area contributed by atoms with E-state index in [-0.39, 0.29) is 19.4 Å². The molecule has 0 radical (unpaired) electrons. The van der Waals surface area contributed by atoms with Crippen LogP contribution in [0.4, 0.5) is 0 Å². The second kappa shape index (κ2) is 8.62. The first-order valence-corrected chi connectivity index (χ1v) is 8.77. The van der Waals surface area contributed by atoms with Crippen molar-refractivity contribution in [2.75, 3.05) is 13.2 Å². The van der Waals surface area contributed by atoms with Crippen LogP contribution in [0.1, 0.15) is 40.5 Å². The number of hydrogen-bond acceptors (Lipinski definition) is 6. The van der Waals surface area contributed by atoms with Crippen molar-refractivity contribution in [1.29, 1.82) is 0 Å². The highest BCUT2D eigenvalue weighted by Gasteiger charge is 2.61. The predicted octanol–water partition coefficient (Wildman–Crippen LogP) is 0.826. The minimum Gasteiger partial charge on any atom is -0.466 e. The summed E-state index contributed by atoms with van der Waals surface area (Å²) in [6.45, 7) is 5.45. The molecular weight excluding hydrogens is 315 g/mol. The summed E-state index contributed by atoms with van der Waals surface area (Å²) in [4.78, 5) is 43.8. The van der Waals surface area contributed by atoms with Crippen molar-refractivity contribution in [3.05, 3.63) is 0 Å². The van der Waals surface area contributed by atoms with Crippen molar-refractivity contribution < 1.29 is 38.5 Å². The Morgan fingerprint density at radius 1 is 1.18 bits per heavy atom. The van der Waals surface area contributed by atoms with Gasteiger partial charge in [0.1, 0.15) is 6.61 Å². The van der Waals surface area contributed by atoms with Crippen molar-refractivity contribution in [3.8, 4) is 0 Å². The van der Waals surface area contributed by atoms with Crippen LogP contribution < -0.4 is 0 Å². The minimum atomic E-state index is -5.03. The van der Waals surface area contributed by atoms with E-state index in [0.717, 1.165) is 0 Å². The van der Waals surface area contributed by atoms with Crippen LogP contribution in [0.5, 0.6) is 0 Å². The molecule has 130 valence electrons. The zero-order valence-corrected chi connectivity index (χ0v) is 14.2. The van der Waals surface area contributed by atoms with E-state index < -0.39 is 43.3 Å². The summed E-state index contributed by atoms with van der Waals surface area (Å²) in [7, 11) is -5.03. The maximum atomic E-state index is 12.3. The van der Waals surface area contributed by atoms with Gasteiger partial charge in [0.2, 0.25) is 0 Å². The van der Waals surface area contributed by atoms with Crippen molar-refractivity contribution in [3.63, 3.8) is 0 Å². The number of carbonyl (C=O) groups excluding carboxylic acids is 2. The van der Waals surface area contributed by atoms with E-state index in [9.17, 15) is 23.9 Å². The number of aliphatic hydroxyl groups is 1. The highest BCUT2D eigenvalue weighted by atomic mass is 31.2. The Morgan fingerprint density at radius 3 is 2.05 bits per heavy atom. The summed E-state index contributed by atoms with van der Waals surface area (Å²) < 4.78 is 21.6. The van der Waals surface area contributed by atoms with Crippen molar-refractivity contribution in [1.82, 2.24) is 0 Å². The topological polar surface area (TPSA) is 130 Å². The van der Waals surface area contributed by atoms with E-state index in [4.69, 9.17) is 14.6 Å². The van der Waals surface area contributed by atoms with E-state index in [2.05, 4.69) is 0 Å². The lowest BCUT2D eigenvalue weighted by Crippen LogP contribution is -2.50. The van der Waals surface area contributed by atoms with Crippen LogP contribution >= 0.6 is 7.60 Å². The van der Waals surface area contributed by atoms with E-state index in [0.29, 0.717) is 0 Å². The Labute approximate surface area is 130 Å². The standard InChI is InChI=1S/C13H25O8P/c1-5-10(11(15)20-7-3)13(6-2,22(17,18)19)12(16)21-8-9(4)14/h9-10,14H,5-8H2,1-4H3,(H2,17,18,19). The van der Waals surface area contributed by atoms with Gasteiger partial charge < -0.3 is 24.4 Å². The number of ether oxygens (including phenoxy) is 2. The van der Waals surface area contributed by atoms with Crippen LogP contribution in [-0.2, 0) is 23.6 Å². The fourth-order valence-corrected chi connectivity index (χ4v) is 3.73. The molecule has 0 aromatic heterocycles. The molecule has 0 spiro atoms. The number of esters is 2. The molecular formula is C13H25O8P. The summed E-state index contributed by atoms with van der Waals surface area (Å²) >= 11 is 0. The number of rotatable bonds is 9. The van der Waals surface area contributed by atoms with Crippen LogP contribution in [0, 0.1) is 5.92 Å². The second-order valence-corrected chi connectivity index (χ2v) is 6.87. The highest BCUT2D eigenvalue weighted by Crippen LogP contribution is 2.58. The van der Waals surface area contributed by atoms with Gasteiger partial charge in [-0.05, 0) is 26.7 Å². The largest absolute Gasteiger partial charge is 0.466 e. The Hall–Kier alpha value is -0.950. The van der Waals surface area contributed by atoms with E-state index >= 15 is 0 Å². The molecule has 0 aromatic rings. The molecule has 8 nitrogen and oxygen atoms in total. The summed E-state index contributed by atoms with van der Waals surface area (Å²) in [5.74, 6) is -3.40. The smallest absolute Gasteiger partial charge is 0.343 e. The molecule has 0 aliphatic heterocycles. The third kappa shape index (κ3) is 4.52. The van der Waals surface area contributed by atoms with Crippen molar-refractivity contribution in [2.24, 2.45) is 5.92 Å². The third-order valence-corrected chi connectivity index (χ3v) is 5.27. The number of carbonyl (C=O) groups is 2. The van der Waals surface area contributed by atoms with Gasteiger partial charge in [-0.15, -0.1) is 0 Å². The first kappa shape index (κ1) is 21.0. The molecule has 0 heterocycles. The van der Waals surface area contributed by atoms with Crippen LogP contribution in [-0.4, -0.2) is 51.3 Å². The molecule has 3 N–H and O–H groups in total. The van der Waals surface area contributed by atoms with Gasteiger partial charge in [-0.25, -0.2) is 0 Å². The first-order valence-electron chi connectivity index (χ1n) is 7.15. The van der Waals surface area contributed by atoms with Gasteiger partial charge in [0, 0.05) is 0 Å². The van der Waals surface area contributed by atoms with Gasteiger partial charge in [0.15, 0.2) is 5.16 Å². The summed E-state index contributed by atoms with van der Waals surface area (Å²) in [6.07, 6.45) is -1.28. The van der Waals surface area contributed by atoms with Crippen LogP contribution in [0.25, 0.3) is 0 Å². The molecule has 3 atom stereocenters. The van der Waals surface area contributed by atoms with Gasteiger partial charge in [-0.2, -0.15) is 0 Å². The van der Waals surface area contributed by atoms with Crippen LogP contribution in [0.15, 0.2) is 0 Å². The zero-order chi connectivity index (χ0) is 17.6. The summed E-state index contributed by atoms with van der Waals surface area (Å²) in [6, 6.07) is 0. The molecule has 9 heteroatoms. The lowest BCUT2D eigenvalue weighted by molar-refractivity contribution is -0.161. The molecule has 0 amide bonds. The second-order valence-electron chi connectivity index (χ2n) is 4.98. The normalized spacial score (nSPS) is 17.2. The van der Waals surface area contributed by atoms with Gasteiger partial charge in [0.05, 0.1) is 18.6 Å². The average Bonchev–Trinajstić information content (AvgIpc) is 2.40. The molecule has 22 heavy (non-hydrogen) atoms. The summed E-state index contributed by atoms with van der Waals surface area (Å²) in [5, 5.41) is 6.85. The first-order chi connectivity index (χ1) is 10.1. The van der Waals surface area contributed by atoms with Crippen LogP contribution in [0.3, 0.4) is 0 Å².